The summed E-state index contributed by atoms with van der Waals surface area (Å²) in [6.45, 7) is 1.03. The van der Waals surface area contributed by atoms with E-state index in [1.165, 1.54) is 44.9 Å². The molecule has 3 fully saturated rings. The molecule has 0 aromatic heterocycles. The Balaban J connectivity index is 1.75. The molecule has 0 unspecified atom stereocenters. The Hall–Kier alpha value is -0.180. The number of likely N-dealkylation sites (tertiary alicyclic amines) is 1. The summed E-state index contributed by atoms with van der Waals surface area (Å²) in [5.74, 6) is 1.30. The summed E-state index contributed by atoms with van der Waals surface area (Å²) in [5.41, 5.74) is 0. The Morgan fingerprint density at radius 3 is 2.50 bits per heavy atom. The lowest BCUT2D eigenvalue weighted by molar-refractivity contribution is -0.142. The van der Waals surface area contributed by atoms with Gasteiger partial charge in [-0.25, -0.2) is 0 Å². The molecule has 3 rings (SSSR count). The van der Waals surface area contributed by atoms with Crippen LogP contribution in [-0.4, -0.2) is 34.4 Å². The number of amides is 1. The van der Waals surface area contributed by atoms with Crippen molar-refractivity contribution in [1.82, 2.24) is 4.90 Å². The topological polar surface area (TPSA) is 20.3 Å². The van der Waals surface area contributed by atoms with Gasteiger partial charge in [0.25, 0.3) is 0 Å². The van der Waals surface area contributed by atoms with Gasteiger partial charge >= 0.3 is 0 Å². The molecule has 1 saturated heterocycles. The number of thioether (sulfide) groups is 1. The van der Waals surface area contributed by atoms with Gasteiger partial charge in [0, 0.05) is 12.6 Å². The molecule has 2 saturated carbocycles. The number of carbonyl (C=O) groups is 1. The molecular weight excluding hydrogens is 242 g/mol. The van der Waals surface area contributed by atoms with E-state index in [4.69, 9.17) is 0 Å². The normalized spacial score (nSPS) is 34.6. The number of piperidine rings is 1. The molecule has 1 heterocycles. The van der Waals surface area contributed by atoms with Gasteiger partial charge in [-0.3, -0.25) is 4.79 Å². The van der Waals surface area contributed by atoms with E-state index in [-0.39, 0.29) is 4.75 Å². The molecule has 3 heteroatoms. The number of hydrogen-bond donors (Lipinski definition) is 0. The van der Waals surface area contributed by atoms with Crippen molar-refractivity contribution in [3.63, 3.8) is 0 Å². The zero-order chi connectivity index (χ0) is 12.6. The fraction of sp³-hybridized carbons (Fsp3) is 0.933. The van der Waals surface area contributed by atoms with Gasteiger partial charge in [0.2, 0.25) is 5.91 Å². The number of fused-ring (bicyclic) bond motifs is 1. The third-order valence-electron chi connectivity index (χ3n) is 5.45. The summed E-state index contributed by atoms with van der Waals surface area (Å²) in [6, 6.07) is 0.588. The van der Waals surface area contributed by atoms with Crippen molar-refractivity contribution in [1.29, 1.82) is 0 Å². The highest BCUT2D eigenvalue weighted by Crippen LogP contribution is 2.46. The molecule has 0 aromatic rings. The lowest BCUT2D eigenvalue weighted by Gasteiger charge is -2.49. The van der Waals surface area contributed by atoms with Crippen LogP contribution in [0.1, 0.15) is 57.8 Å². The first kappa shape index (κ1) is 12.8. The first-order valence-corrected chi connectivity index (χ1v) is 8.85. The zero-order valence-electron chi connectivity index (χ0n) is 11.5. The van der Waals surface area contributed by atoms with Crippen molar-refractivity contribution >= 4 is 17.7 Å². The maximum absolute atomic E-state index is 12.9. The third-order valence-corrected chi connectivity index (χ3v) is 6.81. The van der Waals surface area contributed by atoms with Crippen LogP contribution < -0.4 is 0 Å². The van der Waals surface area contributed by atoms with Crippen molar-refractivity contribution in [2.45, 2.75) is 68.6 Å². The van der Waals surface area contributed by atoms with Crippen LogP contribution in [0.5, 0.6) is 0 Å². The van der Waals surface area contributed by atoms with Gasteiger partial charge < -0.3 is 4.90 Å². The largest absolute Gasteiger partial charge is 0.338 e. The second kappa shape index (κ2) is 5.07. The highest BCUT2D eigenvalue weighted by molar-refractivity contribution is 8.00. The number of carbonyl (C=O) groups excluding carboxylic acids is 1. The predicted molar refractivity (Wildman–Crippen MR) is 76.8 cm³/mol. The Labute approximate surface area is 115 Å². The molecule has 2 aliphatic carbocycles. The first-order valence-electron chi connectivity index (χ1n) is 7.63. The summed E-state index contributed by atoms with van der Waals surface area (Å²) in [5, 5.41) is 0. The lowest BCUT2D eigenvalue weighted by Crippen LogP contribution is -2.58. The average molecular weight is 267 g/mol. The minimum absolute atomic E-state index is 0.0284. The van der Waals surface area contributed by atoms with Crippen LogP contribution in [0.2, 0.25) is 0 Å². The minimum atomic E-state index is -0.0284. The standard InChI is InChI=1S/C15H25NOS/c1-18-15(9-5-10-15)14(17)16-11-4-7-12-6-2-3-8-13(12)16/h12-13H,2-11H2,1H3/t12-,13-/m0/s1. The molecular formula is C15H25NOS. The maximum atomic E-state index is 12.9. The van der Waals surface area contributed by atoms with Gasteiger partial charge in [-0.15, -0.1) is 11.8 Å². The van der Waals surface area contributed by atoms with E-state index in [2.05, 4.69) is 11.2 Å². The molecule has 2 nitrogen and oxygen atoms in total. The lowest BCUT2D eigenvalue weighted by atomic mass is 9.76. The van der Waals surface area contributed by atoms with Crippen molar-refractivity contribution in [2.75, 3.05) is 12.8 Å². The number of hydrogen-bond acceptors (Lipinski definition) is 2. The molecule has 3 aliphatic rings. The van der Waals surface area contributed by atoms with E-state index in [1.54, 1.807) is 0 Å². The molecule has 0 aromatic carbocycles. The highest BCUT2D eigenvalue weighted by Gasteiger charge is 2.48. The zero-order valence-corrected chi connectivity index (χ0v) is 12.3. The highest BCUT2D eigenvalue weighted by atomic mass is 32.2. The summed E-state index contributed by atoms with van der Waals surface area (Å²) in [7, 11) is 0. The summed E-state index contributed by atoms with van der Waals surface area (Å²) < 4.78 is -0.0284. The summed E-state index contributed by atoms with van der Waals surface area (Å²) in [6.07, 6.45) is 13.5. The molecule has 18 heavy (non-hydrogen) atoms. The van der Waals surface area contributed by atoms with Crippen LogP contribution in [-0.2, 0) is 4.79 Å². The molecule has 2 atom stereocenters. The monoisotopic (exact) mass is 267 g/mol. The van der Waals surface area contributed by atoms with E-state index < -0.39 is 0 Å². The van der Waals surface area contributed by atoms with E-state index in [0.29, 0.717) is 11.9 Å². The SMILES string of the molecule is CSC1(C(=O)N2CCC[C@@H]3CCCC[C@@H]32)CCC1. The quantitative estimate of drug-likeness (QED) is 0.764. The van der Waals surface area contributed by atoms with E-state index >= 15 is 0 Å². The number of rotatable bonds is 2. The molecule has 1 amide bonds. The Kier molecular flexibility index (Phi) is 3.61. The van der Waals surface area contributed by atoms with Crippen LogP contribution in [0.4, 0.5) is 0 Å². The third kappa shape index (κ3) is 1.99. The van der Waals surface area contributed by atoms with Crippen LogP contribution in [0.3, 0.4) is 0 Å². The first-order chi connectivity index (χ1) is 8.77. The predicted octanol–water partition coefficient (Wildman–Crippen LogP) is 3.45. The van der Waals surface area contributed by atoms with Gasteiger partial charge in [-0.2, -0.15) is 0 Å². The summed E-state index contributed by atoms with van der Waals surface area (Å²) in [4.78, 5) is 15.2. The fourth-order valence-corrected chi connectivity index (χ4v) is 5.13. The van der Waals surface area contributed by atoms with Crippen molar-refractivity contribution < 1.29 is 4.79 Å². The van der Waals surface area contributed by atoms with Gasteiger partial charge in [-0.1, -0.05) is 12.8 Å². The van der Waals surface area contributed by atoms with Crippen LogP contribution in [0.25, 0.3) is 0 Å². The van der Waals surface area contributed by atoms with Crippen LogP contribution in [0, 0.1) is 5.92 Å². The van der Waals surface area contributed by atoms with Crippen LogP contribution in [0.15, 0.2) is 0 Å². The van der Waals surface area contributed by atoms with Crippen molar-refractivity contribution in [2.24, 2.45) is 5.92 Å². The molecule has 0 spiro atoms. The van der Waals surface area contributed by atoms with E-state index in [0.717, 1.165) is 25.3 Å². The average Bonchev–Trinajstić information content (AvgIpc) is 2.37. The smallest absolute Gasteiger partial charge is 0.239 e. The van der Waals surface area contributed by atoms with Gasteiger partial charge in [0.1, 0.15) is 0 Å². The Bertz CT molecular complexity index is 319. The van der Waals surface area contributed by atoms with Crippen LogP contribution >= 0.6 is 11.8 Å². The Morgan fingerprint density at radius 1 is 1.11 bits per heavy atom. The molecule has 0 radical (unpaired) electrons. The van der Waals surface area contributed by atoms with E-state index in [9.17, 15) is 4.79 Å². The molecule has 102 valence electrons. The summed E-state index contributed by atoms with van der Waals surface area (Å²) >= 11 is 1.81. The fourth-order valence-electron chi connectivity index (χ4n) is 4.14. The molecule has 1 aliphatic heterocycles. The maximum Gasteiger partial charge on any atom is 0.239 e. The van der Waals surface area contributed by atoms with E-state index in [1.807, 2.05) is 11.8 Å². The number of nitrogens with zero attached hydrogens (tertiary/aromatic N) is 1. The Morgan fingerprint density at radius 2 is 1.83 bits per heavy atom. The van der Waals surface area contributed by atoms with Crippen molar-refractivity contribution in [3.05, 3.63) is 0 Å². The van der Waals surface area contributed by atoms with Crippen molar-refractivity contribution in [3.8, 4) is 0 Å². The second-order valence-electron chi connectivity index (χ2n) is 6.30. The molecule has 0 N–H and O–H groups in total. The molecule has 0 bridgehead atoms. The second-order valence-corrected chi connectivity index (χ2v) is 7.49. The van der Waals surface area contributed by atoms with Gasteiger partial charge in [0.05, 0.1) is 4.75 Å². The van der Waals surface area contributed by atoms with Gasteiger partial charge in [-0.05, 0) is 57.1 Å². The van der Waals surface area contributed by atoms with Gasteiger partial charge in [0.15, 0.2) is 0 Å². The minimum Gasteiger partial charge on any atom is -0.338 e.